The molecule has 0 aromatic rings. The first kappa shape index (κ1) is 15.4. The Labute approximate surface area is 114 Å². The lowest BCUT2D eigenvalue weighted by Crippen LogP contribution is -2.58. The maximum Gasteiger partial charge on any atom is 0.329 e. The molecule has 0 radical (unpaired) electrons. The Balaban J connectivity index is 2.95. The van der Waals surface area contributed by atoms with Crippen LogP contribution in [0, 0.1) is 12.3 Å². The van der Waals surface area contributed by atoms with Crippen molar-refractivity contribution in [2.45, 2.75) is 57.5 Å². The zero-order valence-corrected chi connectivity index (χ0v) is 11.8. The van der Waals surface area contributed by atoms with Crippen LogP contribution in [-0.4, -0.2) is 39.6 Å². The minimum Gasteiger partial charge on any atom is -0.479 e. The van der Waals surface area contributed by atoms with E-state index in [0.717, 1.165) is 0 Å². The summed E-state index contributed by atoms with van der Waals surface area (Å²) in [6.45, 7) is 5.80. The molecule has 1 heterocycles. The number of carboxylic acids is 1. The van der Waals surface area contributed by atoms with Gasteiger partial charge in [0.25, 0.3) is 0 Å². The molecule has 1 fully saturated rings. The number of nitrogens with zero attached hydrogens (tertiary/aromatic N) is 1. The van der Waals surface area contributed by atoms with Gasteiger partial charge in [-0.2, -0.15) is 0 Å². The van der Waals surface area contributed by atoms with Gasteiger partial charge >= 0.3 is 12.0 Å². The third-order valence-electron chi connectivity index (χ3n) is 3.58. The minimum absolute atomic E-state index is 0.392. The summed E-state index contributed by atoms with van der Waals surface area (Å²) < 4.78 is 0. The van der Waals surface area contributed by atoms with Crippen molar-refractivity contribution < 1.29 is 14.7 Å². The van der Waals surface area contributed by atoms with Gasteiger partial charge in [-0.05, 0) is 33.1 Å². The molecule has 1 rings (SSSR count). The van der Waals surface area contributed by atoms with Crippen LogP contribution in [-0.2, 0) is 4.79 Å². The Morgan fingerprint density at radius 3 is 2.63 bits per heavy atom. The zero-order chi connectivity index (χ0) is 14.7. The summed E-state index contributed by atoms with van der Waals surface area (Å²) in [4.78, 5) is 25.3. The van der Waals surface area contributed by atoms with E-state index in [-0.39, 0.29) is 0 Å². The fraction of sp³-hybridized carbons (Fsp3) is 0.714. The Kier molecular flexibility index (Phi) is 4.46. The lowest BCUT2D eigenvalue weighted by molar-refractivity contribution is -0.148. The van der Waals surface area contributed by atoms with Gasteiger partial charge in [-0.3, -0.25) is 0 Å². The van der Waals surface area contributed by atoms with Crippen LogP contribution >= 0.6 is 0 Å². The molecule has 0 bridgehead atoms. The number of rotatable bonds is 4. The van der Waals surface area contributed by atoms with E-state index in [0.29, 0.717) is 32.2 Å². The molecule has 0 spiro atoms. The molecule has 19 heavy (non-hydrogen) atoms. The summed E-state index contributed by atoms with van der Waals surface area (Å²) in [5.74, 6) is 1.55. The summed E-state index contributed by atoms with van der Waals surface area (Å²) in [6.07, 6.45) is 7.73. The van der Waals surface area contributed by atoms with E-state index in [1.54, 1.807) is 13.8 Å². The molecular weight excluding hydrogens is 244 g/mol. The zero-order valence-electron chi connectivity index (χ0n) is 11.8. The number of aliphatic carboxylic acids is 1. The summed E-state index contributed by atoms with van der Waals surface area (Å²) in [7, 11) is 0. The number of carbonyl (C=O) groups excluding carboxylic acids is 1. The average molecular weight is 266 g/mol. The summed E-state index contributed by atoms with van der Waals surface area (Å²) in [6, 6.07) is -0.392. The minimum atomic E-state index is -1.08. The van der Waals surface area contributed by atoms with Crippen molar-refractivity contribution >= 4 is 12.0 Å². The van der Waals surface area contributed by atoms with E-state index in [2.05, 4.69) is 11.2 Å². The summed E-state index contributed by atoms with van der Waals surface area (Å²) >= 11 is 0. The lowest BCUT2D eigenvalue weighted by atomic mass is 9.91. The van der Waals surface area contributed by atoms with Gasteiger partial charge in [-0.25, -0.2) is 9.59 Å². The van der Waals surface area contributed by atoms with Crippen LogP contribution in [0.5, 0.6) is 0 Å². The van der Waals surface area contributed by atoms with Crippen LogP contribution in [0.2, 0.25) is 0 Å². The van der Waals surface area contributed by atoms with Gasteiger partial charge in [-0.15, -0.1) is 6.42 Å². The second-order valence-corrected chi connectivity index (χ2v) is 5.54. The van der Waals surface area contributed by atoms with Gasteiger partial charge in [0.1, 0.15) is 5.54 Å². The maximum atomic E-state index is 12.3. The lowest BCUT2D eigenvalue weighted by Gasteiger charge is -2.36. The highest BCUT2D eigenvalue weighted by Crippen LogP contribution is 2.34. The molecule has 0 aromatic heterocycles. The second-order valence-electron chi connectivity index (χ2n) is 5.54. The van der Waals surface area contributed by atoms with E-state index in [9.17, 15) is 14.7 Å². The van der Waals surface area contributed by atoms with E-state index in [1.165, 1.54) is 4.90 Å². The molecule has 1 aliphatic rings. The van der Waals surface area contributed by atoms with Crippen molar-refractivity contribution in [3.63, 3.8) is 0 Å². The van der Waals surface area contributed by atoms with Gasteiger partial charge in [-0.1, -0.05) is 19.3 Å². The predicted molar refractivity (Wildman–Crippen MR) is 72.7 cm³/mol. The quantitative estimate of drug-likeness (QED) is 0.763. The first-order valence-electron chi connectivity index (χ1n) is 6.60. The van der Waals surface area contributed by atoms with Crippen LogP contribution in [0.15, 0.2) is 0 Å². The molecule has 1 saturated heterocycles. The molecule has 1 atom stereocenters. The van der Waals surface area contributed by atoms with Gasteiger partial charge in [0, 0.05) is 6.54 Å². The maximum absolute atomic E-state index is 12.3. The number of likely N-dealkylation sites (tertiary alicyclic amines) is 1. The number of carbonyl (C=O) groups is 2. The van der Waals surface area contributed by atoms with Crippen molar-refractivity contribution in [2.75, 3.05) is 6.54 Å². The number of nitrogens with one attached hydrogen (secondary N) is 1. The molecule has 0 aromatic carbocycles. The number of carboxylic acid groups (broad SMARTS) is 1. The van der Waals surface area contributed by atoms with Crippen LogP contribution in [0.3, 0.4) is 0 Å². The van der Waals surface area contributed by atoms with Gasteiger partial charge in [0.2, 0.25) is 0 Å². The monoisotopic (exact) mass is 266 g/mol. The van der Waals surface area contributed by atoms with Gasteiger partial charge in [0.15, 0.2) is 0 Å². The smallest absolute Gasteiger partial charge is 0.329 e. The van der Waals surface area contributed by atoms with E-state index in [4.69, 9.17) is 6.42 Å². The van der Waals surface area contributed by atoms with Crippen LogP contribution in [0.1, 0.15) is 46.5 Å². The Morgan fingerprint density at radius 2 is 2.16 bits per heavy atom. The first-order chi connectivity index (χ1) is 8.79. The average Bonchev–Trinajstić information content (AvgIpc) is 2.74. The van der Waals surface area contributed by atoms with Crippen LogP contribution in [0.4, 0.5) is 4.79 Å². The molecule has 1 unspecified atom stereocenters. The molecule has 2 amide bonds. The first-order valence-corrected chi connectivity index (χ1v) is 6.60. The van der Waals surface area contributed by atoms with Crippen molar-refractivity contribution in [3.8, 4) is 12.3 Å². The molecular formula is C14H22N2O3. The highest BCUT2D eigenvalue weighted by molar-refractivity contribution is 5.87. The summed E-state index contributed by atoms with van der Waals surface area (Å²) in [5.41, 5.74) is -1.86. The normalized spacial score (nSPS) is 22.9. The molecule has 0 saturated carbocycles. The number of urea groups is 1. The largest absolute Gasteiger partial charge is 0.479 e. The SMILES string of the molecule is C#CC(C)(C)NC(=O)N1CCCC1(CCC)C(=O)O. The van der Waals surface area contributed by atoms with Crippen LogP contribution < -0.4 is 5.32 Å². The van der Waals surface area contributed by atoms with E-state index < -0.39 is 23.1 Å². The number of amides is 2. The Hall–Kier alpha value is -1.70. The fourth-order valence-electron chi connectivity index (χ4n) is 2.55. The van der Waals surface area contributed by atoms with Crippen molar-refractivity contribution in [2.24, 2.45) is 0 Å². The topological polar surface area (TPSA) is 69.6 Å². The predicted octanol–water partition coefficient (Wildman–Crippen LogP) is 1.83. The Bertz CT molecular complexity index is 411. The van der Waals surface area contributed by atoms with Crippen molar-refractivity contribution in [1.82, 2.24) is 10.2 Å². The molecule has 5 heteroatoms. The van der Waals surface area contributed by atoms with Gasteiger partial charge in [0.05, 0.1) is 5.54 Å². The summed E-state index contributed by atoms with van der Waals surface area (Å²) in [5, 5.41) is 12.2. The van der Waals surface area contributed by atoms with E-state index >= 15 is 0 Å². The molecule has 0 aliphatic carbocycles. The Morgan fingerprint density at radius 1 is 1.53 bits per heavy atom. The second kappa shape index (κ2) is 5.52. The molecule has 106 valence electrons. The molecule has 1 aliphatic heterocycles. The van der Waals surface area contributed by atoms with Gasteiger partial charge < -0.3 is 15.3 Å². The molecule has 2 N–H and O–H groups in total. The van der Waals surface area contributed by atoms with E-state index in [1.807, 2.05) is 6.92 Å². The van der Waals surface area contributed by atoms with Crippen LogP contribution in [0.25, 0.3) is 0 Å². The number of hydrogen-bond acceptors (Lipinski definition) is 2. The standard InChI is InChI=1S/C14H22N2O3/c1-5-8-14(11(17)18)9-7-10-16(14)12(19)15-13(3,4)6-2/h2H,5,7-10H2,1,3-4H3,(H,15,19)(H,17,18). The number of terminal acetylenes is 1. The number of hydrogen-bond donors (Lipinski definition) is 2. The molecule has 5 nitrogen and oxygen atoms in total. The highest BCUT2D eigenvalue weighted by Gasteiger charge is 2.49. The third-order valence-corrected chi connectivity index (χ3v) is 3.58. The fourth-order valence-corrected chi connectivity index (χ4v) is 2.55. The van der Waals surface area contributed by atoms with Crippen molar-refractivity contribution in [3.05, 3.63) is 0 Å². The highest BCUT2D eigenvalue weighted by atomic mass is 16.4. The van der Waals surface area contributed by atoms with Crippen molar-refractivity contribution in [1.29, 1.82) is 0 Å². The third kappa shape index (κ3) is 3.01.